The number of hydrogen-bond donors (Lipinski definition) is 1. The van der Waals surface area contributed by atoms with Gasteiger partial charge in [-0.2, -0.15) is 0 Å². The Morgan fingerprint density at radius 2 is 2.23 bits per heavy atom. The molecule has 2 amide bonds. The van der Waals surface area contributed by atoms with E-state index in [1.54, 1.807) is 16.2 Å². The average Bonchev–Trinajstić information content (AvgIpc) is 3.09. The van der Waals surface area contributed by atoms with E-state index in [0.29, 0.717) is 13.1 Å². The normalized spacial score (nSPS) is 18.8. The molecule has 2 aliphatic rings. The Morgan fingerprint density at radius 3 is 3.04 bits per heavy atom. The minimum Gasteiger partial charge on any atom is -0.442 e. The second kappa shape index (κ2) is 6.72. The molecule has 1 fully saturated rings. The van der Waals surface area contributed by atoms with Crippen LogP contribution in [-0.2, 0) is 28.8 Å². The van der Waals surface area contributed by atoms with Crippen LogP contribution in [0.25, 0.3) is 0 Å². The van der Waals surface area contributed by atoms with Crippen LogP contribution in [0.2, 0.25) is 0 Å². The molecule has 1 N–H and O–H groups in total. The first-order valence-electron chi connectivity index (χ1n) is 8.79. The van der Waals surface area contributed by atoms with E-state index in [4.69, 9.17) is 4.74 Å². The topological polar surface area (TPSA) is 71.5 Å². The second-order valence-corrected chi connectivity index (χ2v) is 8.07. The maximum atomic E-state index is 12.2. The van der Waals surface area contributed by atoms with Gasteiger partial charge in [-0.25, -0.2) is 9.78 Å². The van der Waals surface area contributed by atoms with Gasteiger partial charge in [-0.05, 0) is 43.0 Å². The van der Waals surface area contributed by atoms with Gasteiger partial charge in [0, 0.05) is 23.9 Å². The molecule has 1 aliphatic carbocycles. The summed E-state index contributed by atoms with van der Waals surface area (Å²) < 4.78 is 5.36. The van der Waals surface area contributed by atoms with Gasteiger partial charge in [-0.1, -0.05) is 6.07 Å². The largest absolute Gasteiger partial charge is 0.442 e. The summed E-state index contributed by atoms with van der Waals surface area (Å²) >= 11 is 1.77. The first-order chi connectivity index (χ1) is 12.5. The highest BCUT2D eigenvalue weighted by molar-refractivity contribution is 7.11. The Hall–Kier alpha value is -2.41. The number of nitrogens with zero attached hydrogens (tertiary/aromatic N) is 2. The summed E-state index contributed by atoms with van der Waals surface area (Å²) in [6.07, 6.45) is 2.10. The van der Waals surface area contributed by atoms with Crippen LogP contribution < -0.4 is 10.2 Å². The molecule has 6 nitrogen and oxygen atoms in total. The molecular formula is C19H21N3O3S. The molecule has 26 heavy (non-hydrogen) atoms. The highest BCUT2D eigenvalue weighted by Gasteiger charge is 2.32. The van der Waals surface area contributed by atoms with Crippen molar-refractivity contribution in [2.75, 3.05) is 18.0 Å². The van der Waals surface area contributed by atoms with E-state index in [0.717, 1.165) is 30.0 Å². The number of ether oxygens (including phenoxy) is 1. The zero-order valence-electron chi connectivity index (χ0n) is 14.9. The Morgan fingerprint density at radius 1 is 1.38 bits per heavy atom. The number of carbonyl (C=O) groups is 2. The van der Waals surface area contributed by atoms with Crippen molar-refractivity contribution in [2.24, 2.45) is 0 Å². The van der Waals surface area contributed by atoms with E-state index in [9.17, 15) is 9.59 Å². The fourth-order valence-corrected chi connectivity index (χ4v) is 4.56. The summed E-state index contributed by atoms with van der Waals surface area (Å²) in [7, 11) is 0. The summed E-state index contributed by atoms with van der Waals surface area (Å²) in [5, 5.41) is 3.83. The van der Waals surface area contributed by atoms with E-state index in [1.807, 2.05) is 6.07 Å². The smallest absolute Gasteiger partial charge is 0.414 e. The number of nitrogens with one attached hydrogen (secondary N) is 1. The van der Waals surface area contributed by atoms with Crippen molar-refractivity contribution in [3.05, 3.63) is 44.9 Å². The van der Waals surface area contributed by atoms with Crippen LogP contribution in [0.4, 0.5) is 10.5 Å². The summed E-state index contributed by atoms with van der Waals surface area (Å²) in [5.41, 5.74) is 4.64. The number of amides is 2. The van der Waals surface area contributed by atoms with Crippen LogP contribution in [0.5, 0.6) is 0 Å². The summed E-state index contributed by atoms with van der Waals surface area (Å²) in [6, 6.07) is 6.20. The molecule has 1 aliphatic heterocycles. The monoisotopic (exact) mass is 371 g/mol. The van der Waals surface area contributed by atoms with Crippen molar-refractivity contribution in [1.29, 1.82) is 0 Å². The number of thiazole rings is 1. The van der Waals surface area contributed by atoms with Crippen molar-refractivity contribution in [3.63, 3.8) is 0 Å². The first kappa shape index (κ1) is 17.0. The molecule has 1 aromatic heterocycles. The number of rotatable bonds is 3. The molecule has 4 rings (SSSR count). The van der Waals surface area contributed by atoms with Gasteiger partial charge >= 0.3 is 6.09 Å². The molecule has 1 aromatic carbocycles. The minimum atomic E-state index is -0.356. The minimum absolute atomic E-state index is 0.124. The average molecular weight is 371 g/mol. The molecule has 136 valence electrons. The Labute approximate surface area is 156 Å². The Kier molecular flexibility index (Phi) is 4.40. The number of fused-ring (bicyclic) bond motifs is 2. The van der Waals surface area contributed by atoms with Crippen LogP contribution in [0.15, 0.2) is 18.2 Å². The highest BCUT2D eigenvalue weighted by Crippen LogP contribution is 2.31. The molecule has 0 unspecified atom stereocenters. The number of benzene rings is 1. The lowest BCUT2D eigenvalue weighted by molar-refractivity contribution is -0.119. The number of cyclic esters (lactones) is 1. The lowest BCUT2D eigenvalue weighted by Crippen LogP contribution is -2.33. The summed E-state index contributed by atoms with van der Waals surface area (Å²) in [6.45, 7) is 4.30. The van der Waals surface area contributed by atoms with Gasteiger partial charge in [-0.15, -0.1) is 11.3 Å². The Balaban J connectivity index is 1.52. The second-order valence-electron chi connectivity index (χ2n) is 6.79. The number of aromatic nitrogens is 1. The number of anilines is 1. The van der Waals surface area contributed by atoms with Crippen LogP contribution >= 0.6 is 11.3 Å². The summed E-state index contributed by atoms with van der Waals surface area (Å²) in [5.74, 6) is -0.124. The molecule has 2 aromatic rings. The fraction of sp³-hybridized carbons (Fsp3) is 0.421. The zero-order valence-corrected chi connectivity index (χ0v) is 15.7. The standard InChI is InChI=1S/C19H21N3O3S/c1-11(23)20-9-16-10-22(19(24)25-16)15-5-3-14-8-18-17(21-12(2)26-18)6-4-13(14)7-15/h3,5,7,16H,4,6,8-10H2,1-2H3,(H,20,23)/t16-/m0/s1. The van der Waals surface area contributed by atoms with Gasteiger partial charge in [0.25, 0.3) is 0 Å². The van der Waals surface area contributed by atoms with E-state index in [-0.39, 0.29) is 18.1 Å². The molecule has 0 spiro atoms. The molecule has 2 heterocycles. The first-order valence-corrected chi connectivity index (χ1v) is 9.61. The van der Waals surface area contributed by atoms with Gasteiger partial charge in [0.2, 0.25) is 5.91 Å². The van der Waals surface area contributed by atoms with Gasteiger partial charge in [0.15, 0.2) is 0 Å². The SMILES string of the molecule is CC(=O)NC[C@H]1CN(c2ccc3c(c2)CCc2nc(C)sc2C3)C(=O)O1. The third kappa shape index (κ3) is 3.31. The van der Waals surface area contributed by atoms with Gasteiger partial charge in [0.05, 0.1) is 23.8 Å². The van der Waals surface area contributed by atoms with Crippen molar-refractivity contribution >= 4 is 29.0 Å². The van der Waals surface area contributed by atoms with Crippen LogP contribution in [0.1, 0.15) is 33.6 Å². The van der Waals surface area contributed by atoms with Crippen molar-refractivity contribution in [3.8, 4) is 0 Å². The van der Waals surface area contributed by atoms with Crippen molar-refractivity contribution in [2.45, 2.75) is 39.2 Å². The van der Waals surface area contributed by atoms with Crippen LogP contribution in [0, 0.1) is 6.92 Å². The van der Waals surface area contributed by atoms with E-state index in [1.165, 1.54) is 28.6 Å². The highest BCUT2D eigenvalue weighted by atomic mass is 32.1. The van der Waals surface area contributed by atoms with E-state index < -0.39 is 0 Å². The maximum absolute atomic E-state index is 12.2. The van der Waals surface area contributed by atoms with Crippen LogP contribution in [-0.4, -0.2) is 36.2 Å². The molecular weight excluding hydrogens is 350 g/mol. The fourth-order valence-electron chi connectivity index (χ4n) is 3.55. The molecule has 0 bridgehead atoms. The third-order valence-electron chi connectivity index (χ3n) is 4.82. The van der Waals surface area contributed by atoms with Crippen LogP contribution in [0.3, 0.4) is 0 Å². The van der Waals surface area contributed by atoms with E-state index >= 15 is 0 Å². The maximum Gasteiger partial charge on any atom is 0.414 e. The number of hydrogen-bond acceptors (Lipinski definition) is 5. The lowest BCUT2D eigenvalue weighted by atomic mass is 10.0. The van der Waals surface area contributed by atoms with Gasteiger partial charge < -0.3 is 10.1 Å². The number of carbonyl (C=O) groups excluding carboxylic acids is 2. The van der Waals surface area contributed by atoms with Gasteiger partial charge in [0.1, 0.15) is 6.10 Å². The van der Waals surface area contributed by atoms with E-state index in [2.05, 4.69) is 29.4 Å². The Bertz CT molecular complexity index is 877. The summed E-state index contributed by atoms with van der Waals surface area (Å²) in [4.78, 5) is 30.9. The molecule has 1 saturated heterocycles. The van der Waals surface area contributed by atoms with Gasteiger partial charge in [-0.3, -0.25) is 9.69 Å². The lowest BCUT2D eigenvalue weighted by Gasteiger charge is -2.16. The molecule has 7 heteroatoms. The molecule has 0 saturated carbocycles. The quantitative estimate of drug-likeness (QED) is 0.900. The van der Waals surface area contributed by atoms with Crippen molar-refractivity contribution < 1.29 is 14.3 Å². The predicted molar refractivity (Wildman–Crippen MR) is 99.8 cm³/mol. The predicted octanol–water partition coefficient (Wildman–Crippen LogP) is 2.60. The molecule has 1 atom stereocenters. The molecule has 0 radical (unpaired) electrons. The van der Waals surface area contributed by atoms with Crippen molar-refractivity contribution in [1.82, 2.24) is 10.3 Å². The zero-order chi connectivity index (χ0) is 18.3. The number of aryl methyl sites for hydroxylation is 3. The third-order valence-corrected chi connectivity index (χ3v) is 5.83.